The topological polar surface area (TPSA) is 64.5 Å². The van der Waals surface area contributed by atoms with Gasteiger partial charge in [-0.05, 0) is 36.5 Å². The summed E-state index contributed by atoms with van der Waals surface area (Å²) < 4.78 is 10.0. The predicted molar refractivity (Wildman–Crippen MR) is 83.1 cm³/mol. The first-order chi connectivity index (χ1) is 10.7. The van der Waals surface area contributed by atoms with Crippen molar-refractivity contribution in [2.45, 2.75) is 18.8 Å². The smallest absolute Gasteiger partial charge is 0.191 e. The van der Waals surface area contributed by atoms with Crippen LogP contribution in [0.4, 0.5) is 0 Å². The minimum absolute atomic E-state index is 0.00737. The molecule has 1 fully saturated rings. The van der Waals surface area contributed by atoms with Crippen LogP contribution in [0.25, 0.3) is 11.1 Å². The molecule has 0 atom stereocenters. The van der Waals surface area contributed by atoms with Crippen molar-refractivity contribution in [3.8, 4) is 16.9 Å². The zero-order valence-electron chi connectivity index (χ0n) is 11.6. The molecular weight excluding hydrogens is 327 g/mol. The number of hydrogen-bond donors (Lipinski definition) is 1. The summed E-state index contributed by atoms with van der Waals surface area (Å²) in [4.78, 5) is 0. The van der Waals surface area contributed by atoms with Gasteiger partial charge in [0.05, 0.1) is 0 Å². The van der Waals surface area contributed by atoms with Gasteiger partial charge in [0.1, 0.15) is 12.5 Å². The molecule has 22 heavy (non-hydrogen) atoms. The molecule has 116 valence electrons. The summed E-state index contributed by atoms with van der Waals surface area (Å²) in [6, 6.07) is 7.38. The summed E-state index contributed by atoms with van der Waals surface area (Å²) in [5.41, 5.74) is 2.72. The number of aliphatic hydroxyl groups excluding tert-OH is 1. The van der Waals surface area contributed by atoms with Crippen LogP contribution in [-0.2, 0) is 4.74 Å². The molecule has 7 heteroatoms. The summed E-state index contributed by atoms with van der Waals surface area (Å²) >= 11 is 12.4. The van der Waals surface area contributed by atoms with Gasteiger partial charge in [-0.3, -0.25) is 0 Å². The lowest BCUT2D eigenvalue weighted by molar-refractivity contribution is -0.0653. The quantitative estimate of drug-likeness (QED) is 0.642. The fraction of sp³-hybridized carbons (Fsp3) is 0.333. The zero-order chi connectivity index (χ0) is 15.5. The maximum absolute atomic E-state index is 8.54. The Kier molecular flexibility index (Phi) is 4.78. The number of hydrogen-bond acceptors (Lipinski definition) is 5. The van der Waals surface area contributed by atoms with E-state index in [4.69, 9.17) is 37.8 Å². The van der Waals surface area contributed by atoms with Crippen LogP contribution >= 0.6 is 23.2 Å². The molecule has 1 N–H and O–H groups in total. The standard InChI is InChI=1S/C15H14Cl2N2O3/c16-14-12(9-1-2-9)13(15(17)19-18-14)10-3-5-11(6-4-10)22-8-21-7-20/h3-6,9,20H,1-2,7-8H2. The summed E-state index contributed by atoms with van der Waals surface area (Å²) in [5, 5.41) is 17.1. The van der Waals surface area contributed by atoms with Crippen LogP contribution in [0.1, 0.15) is 24.3 Å². The molecule has 1 aliphatic carbocycles. The van der Waals surface area contributed by atoms with Crippen LogP contribution in [0.15, 0.2) is 24.3 Å². The number of benzene rings is 1. The van der Waals surface area contributed by atoms with Crippen molar-refractivity contribution < 1.29 is 14.6 Å². The van der Waals surface area contributed by atoms with Gasteiger partial charge in [-0.1, -0.05) is 35.3 Å². The minimum Gasteiger partial charge on any atom is -0.467 e. The molecule has 0 unspecified atom stereocenters. The van der Waals surface area contributed by atoms with E-state index in [1.54, 1.807) is 12.1 Å². The van der Waals surface area contributed by atoms with E-state index >= 15 is 0 Å². The molecule has 0 aliphatic heterocycles. The van der Waals surface area contributed by atoms with Gasteiger partial charge >= 0.3 is 0 Å². The third kappa shape index (κ3) is 3.33. The highest BCUT2D eigenvalue weighted by Crippen LogP contribution is 2.48. The molecule has 2 aromatic rings. The molecule has 1 saturated carbocycles. The molecule has 0 spiro atoms. The Bertz CT molecular complexity index is 661. The Morgan fingerprint density at radius 1 is 1.09 bits per heavy atom. The van der Waals surface area contributed by atoms with Gasteiger partial charge in [0.2, 0.25) is 0 Å². The second-order valence-corrected chi connectivity index (χ2v) is 5.68. The first-order valence-electron chi connectivity index (χ1n) is 6.84. The fourth-order valence-electron chi connectivity index (χ4n) is 2.29. The summed E-state index contributed by atoms with van der Waals surface area (Å²) in [6.45, 7) is -0.383. The highest BCUT2D eigenvalue weighted by Gasteiger charge is 2.31. The van der Waals surface area contributed by atoms with Gasteiger partial charge in [0.25, 0.3) is 0 Å². The first-order valence-corrected chi connectivity index (χ1v) is 7.59. The normalized spacial score (nSPS) is 14.1. The Labute approximate surface area is 137 Å². The lowest BCUT2D eigenvalue weighted by Gasteiger charge is -2.12. The van der Waals surface area contributed by atoms with Crippen molar-refractivity contribution in [2.24, 2.45) is 0 Å². The third-order valence-electron chi connectivity index (χ3n) is 3.45. The van der Waals surface area contributed by atoms with Gasteiger partial charge in [-0.2, -0.15) is 0 Å². The first kappa shape index (κ1) is 15.5. The minimum atomic E-state index is -0.375. The Morgan fingerprint density at radius 2 is 1.77 bits per heavy atom. The lowest BCUT2D eigenvalue weighted by Crippen LogP contribution is -2.03. The van der Waals surface area contributed by atoms with Crippen molar-refractivity contribution in [1.82, 2.24) is 10.2 Å². The molecule has 0 radical (unpaired) electrons. The maximum Gasteiger partial charge on any atom is 0.191 e. The third-order valence-corrected chi connectivity index (χ3v) is 4.00. The molecule has 1 aromatic heterocycles. The molecule has 0 amide bonds. The molecular formula is C15H14Cl2N2O3. The highest BCUT2D eigenvalue weighted by molar-refractivity contribution is 6.34. The van der Waals surface area contributed by atoms with Gasteiger partial charge in [-0.25, -0.2) is 0 Å². The average molecular weight is 341 g/mol. The molecule has 5 nitrogen and oxygen atoms in total. The van der Waals surface area contributed by atoms with E-state index in [1.807, 2.05) is 12.1 Å². The Balaban J connectivity index is 1.89. The average Bonchev–Trinajstić information content (AvgIpc) is 3.35. The molecule has 1 aliphatic rings. The van der Waals surface area contributed by atoms with Gasteiger partial charge < -0.3 is 14.6 Å². The van der Waals surface area contributed by atoms with E-state index in [2.05, 4.69) is 10.2 Å². The molecule has 0 bridgehead atoms. The molecule has 1 heterocycles. The van der Waals surface area contributed by atoms with Crippen LogP contribution in [0.5, 0.6) is 5.75 Å². The maximum atomic E-state index is 8.54. The van der Waals surface area contributed by atoms with Crippen molar-refractivity contribution in [3.05, 3.63) is 40.1 Å². The van der Waals surface area contributed by atoms with Crippen LogP contribution in [0.2, 0.25) is 10.3 Å². The van der Waals surface area contributed by atoms with E-state index in [9.17, 15) is 0 Å². The van der Waals surface area contributed by atoms with Crippen LogP contribution in [0.3, 0.4) is 0 Å². The number of nitrogens with zero attached hydrogens (tertiary/aromatic N) is 2. The van der Waals surface area contributed by atoms with E-state index in [0.29, 0.717) is 22.0 Å². The van der Waals surface area contributed by atoms with Crippen molar-refractivity contribution >= 4 is 23.2 Å². The fourth-order valence-corrected chi connectivity index (χ4v) is 2.83. The van der Waals surface area contributed by atoms with Gasteiger partial charge in [-0.15, -0.1) is 10.2 Å². The molecule has 0 saturated heterocycles. The SMILES string of the molecule is OCOCOc1ccc(-c2c(Cl)nnc(Cl)c2C2CC2)cc1. The summed E-state index contributed by atoms with van der Waals surface area (Å²) in [6.07, 6.45) is 2.18. The van der Waals surface area contributed by atoms with E-state index < -0.39 is 0 Å². The van der Waals surface area contributed by atoms with Crippen molar-refractivity contribution in [1.29, 1.82) is 0 Å². The number of ether oxygens (including phenoxy) is 2. The Morgan fingerprint density at radius 3 is 2.41 bits per heavy atom. The van der Waals surface area contributed by atoms with E-state index in [0.717, 1.165) is 29.5 Å². The molecule has 3 rings (SSSR count). The van der Waals surface area contributed by atoms with Crippen molar-refractivity contribution in [3.63, 3.8) is 0 Å². The Hall–Kier alpha value is -1.40. The van der Waals surface area contributed by atoms with Crippen LogP contribution < -0.4 is 4.74 Å². The summed E-state index contributed by atoms with van der Waals surface area (Å²) in [7, 11) is 0. The van der Waals surface area contributed by atoms with Gasteiger partial charge in [0.15, 0.2) is 17.1 Å². The lowest BCUT2D eigenvalue weighted by atomic mass is 10.00. The second-order valence-electron chi connectivity index (χ2n) is 4.96. The number of rotatable bonds is 6. The van der Waals surface area contributed by atoms with E-state index in [-0.39, 0.29) is 13.6 Å². The number of halogens is 2. The van der Waals surface area contributed by atoms with Crippen LogP contribution in [0, 0.1) is 0 Å². The predicted octanol–water partition coefficient (Wildman–Crippen LogP) is 3.63. The van der Waals surface area contributed by atoms with Crippen LogP contribution in [-0.4, -0.2) is 28.9 Å². The van der Waals surface area contributed by atoms with Crippen molar-refractivity contribution in [2.75, 3.05) is 13.6 Å². The van der Waals surface area contributed by atoms with Gasteiger partial charge in [0, 0.05) is 11.1 Å². The second kappa shape index (κ2) is 6.79. The zero-order valence-corrected chi connectivity index (χ0v) is 13.1. The molecule has 1 aromatic carbocycles. The largest absolute Gasteiger partial charge is 0.467 e. The highest BCUT2D eigenvalue weighted by atomic mass is 35.5. The monoisotopic (exact) mass is 340 g/mol. The van der Waals surface area contributed by atoms with E-state index in [1.165, 1.54) is 0 Å². The summed E-state index contributed by atoms with van der Waals surface area (Å²) in [5.74, 6) is 1.04. The number of aromatic nitrogens is 2. The number of aliphatic hydroxyl groups is 1.